The second-order valence-electron chi connectivity index (χ2n) is 4.82. The number of nitrogens with zero attached hydrogens (tertiary/aromatic N) is 1. The molecule has 5 heteroatoms. The van der Waals surface area contributed by atoms with Gasteiger partial charge in [0.1, 0.15) is 18.5 Å². The van der Waals surface area contributed by atoms with Crippen molar-refractivity contribution in [1.29, 1.82) is 0 Å². The summed E-state index contributed by atoms with van der Waals surface area (Å²) in [6, 6.07) is 13.4. The third-order valence-electron chi connectivity index (χ3n) is 2.89. The molecule has 0 amide bonds. The summed E-state index contributed by atoms with van der Waals surface area (Å²) < 4.78 is 6.52. The molecule has 0 aliphatic heterocycles. The van der Waals surface area contributed by atoms with Gasteiger partial charge in [-0.3, -0.25) is 4.98 Å². The molecule has 0 spiro atoms. The van der Waals surface area contributed by atoms with Crippen LogP contribution in [0.25, 0.3) is 0 Å². The molecule has 112 valence electrons. The fourth-order valence-electron chi connectivity index (χ4n) is 1.85. The van der Waals surface area contributed by atoms with Crippen LogP contribution in [0.3, 0.4) is 0 Å². The highest BCUT2D eigenvalue weighted by molar-refractivity contribution is 9.10. The van der Waals surface area contributed by atoms with Crippen molar-refractivity contribution < 1.29 is 9.84 Å². The van der Waals surface area contributed by atoms with Gasteiger partial charge in [0.05, 0.1) is 5.69 Å². The Labute approximate surface area is 133 Å². The van der Waals surface area contributed by atoms with Gasteiger partial charge in [0, 0.05) is 23.3 Å². The second kappa shape index (κ2) is 8.12. The first-order chi connectivity index (χ1) is 10.1. The average molecular weight is 351 g/mol. The van der Waals surface area contributed by atoms with Gasteiger partial charge in [-0.05, 0) is 43.3 Å². The van der Waals surface area contributed by atoms with Gasteiger partial charge >= 0.3 is 0 Å². The van der Waals surface area contributed by atoms with Gasteiger partial charge in [-0.1, -0.05) is 22.0 Å². The van der Waals surface area contributed by atoms with E-state index in [9.17, 15) is 5.11 Å². The fraction of sp³-hybridized carbons (Fsp3) is 0.312. The normalized spacial score (nSPS) is 12.1. The minimum Gasteiger partial charge on any atom is -0.491 e. The average Bonchev–Trinajstić information content (AvgIpc) is 2.47. The zero-order valence-electron chi connectivity index (χ0n) is 11.9. The SMILES string of the molecule is Cc1cccc(CNCC(O)COc2ccc(Br)cc2)n1. The van der Waals surface area contributed by atoms with Crippen LogP contribution in [-0.4, -0.2) is 29.3 Å². The summed E-state index contributed by atoms with van der Waals surface area (Å²) in [5.41, 5.74) is 1.96. The molecule has 0 saturated carbocycles. The van der Waals surface area contributed by atoms with Crippen LogP contribution in [0.4, 0.5) is 0 Å². The van der Waals surface area contributed by atoms with Gasteiger partial charge < -0.3 is 15.2 Å². The zero-order valence-corrected chi connectivity index (χ0v) is 13.5. The van der Waals surface area contributed by atoms with E-state index in [4.69, 9.17) is 4.74 Å². The molecule has 21 heavy (non-hydrogen) atoms. The van der Waals surface area contributed by atoms with E-state index in [1.807, 2.05) is 49.4 Å². The predicted octanol–water partition coefficient (Wildman–Crippen LogP) is 2.68. The monoisotopic (exact) mass is 350 g/mol. The van der Waals surface area contributed by atoms with Crippen molar-refractivity contribution in [2.24, 2.45) is 0 Å². The van der Waals surface area contributed by atoms with Gasteiger partial charge in [0.25, 0.3) is 0 Å². The van der Waals surface area contributed by atoms with Crippen LogP contribution < -0.4 is 10.1 Å². The van der Waals surface area contributed by atoms with Crippen molar-refractivity contribution in [3.05, 3.63) is 58.3 Å². The predicted molar refractivity (Wildman–Crippen MR) is 86.3 cm³/mol. The Kier molecular flexibility index (Phi) is 6.17. The highest BCUT2D eigenvalue weighted by atomic mass is 79.9. The number of hydrogen-bond donors (Lipinski definition) is 2. The number of aliphatic hydroxyl groups is 1. The van der Waals surface area contributed by atoms with Crippen LogP contribution >= 0.6 is 15.9 Å². The Morgan fingerprint density at radius 2 is 2.00 bits per heavy atom. The number of nitrogens with one attached hydrogen (secondary N) is 1. The Morgan fingerprint density at radius 1 is 1.24 bits per heavy atom. The van der Waals surface area contributed by atoms with Gasteiger partial charge in [0.15, 0.2) is 0 Å². The number of benzene rings is 1. The molecule has 1 heterocycles. The van der Waals surface area contributed by atoms with Crippen molar-refractivity contribution in [3.8, 4) is 5.75 Å². The summed E-state index contributed by atoms with van der Waals surface area (Å²) >= 11 is 3.37. The molecule has 0 fully saturated rings. The van der Waals surface area contributed by atoms with Crippen LogP contribution in [0.5, 0.6) is 5.75 Å². The highest BCUT2D eigenvalue weighted by Gasteiger charge is 2.05. The third kappa shape index (κ3) is 5.83. The molecule has 1 aromatic heterocycles. The Balaban J connectivity index is 1.67. The lowest BCUT2D eigenvalue weighted by Gasteiger charge is -2.13. The van der Waals surface area contributed by atoms with E-state index in [0.29, 0.717) is 13.1 Å². The number of aliphatic hydroxyl groups excluding tert-OH is 1. The largest absolute Gasteiger partial charge is 0.491 e. The van der Waals surface area contributed by atoms with E-state index in [1.54, 1.807) is 0 Å². The molecule has 0 aliphatic rings. The third-order valence-corrected chi connectivity index (χ3v) is 3.42. The van der Waals surface area contributed by atoms with Gasteiger partial charge in [0.2, 0.25) is 0 Å². The molecule has 0 saturated heterocycles. The lowest BCUT2D eigenvalue weighted by molar-refractivity contribution is 0.106. The summed E-state index contributed by atoms with van der Waals surface area (Å²) in [5.74, 6) is 0.748. The quantitative estimate of drug-likeness (QED) is 0.805. The highest BCUT2D eigenvalue weighted by Crippen LogP contribution is 2.16. The van der Waals surface area contributed by atoms with Gasteiger partial charge in [-0.25, -0.2) is 0 Å². The molecule has 1 unspecified atom stereocenters. The summed E-state index contributed by atoms with van der Waals surface area (Å²) in [6.45, 7) is 3.32. The Bertz CT molecular complexity index is 560. The van der Waals surface area contributed by atoms with E-state index in [0.717, 1.165) is 21.6 Å². The topological polar surface area (TPSA) is 54.4 Å². The molecule has 1 atom stereocenters. The number of pyridine rings is 1. The van der Waals surface area contributed by atoms with Crippen molar-refractivity contribution in [2.75, 3.05) is 13.2 Å². The summed E-state index contributed by atoms with van der Waals surface area (Å²) in [6.07, 6.45) is -0.557. The number of aryl methyl sites for hydroxylation is 1. The number of rotatable bonds is 7. The minimum atomic E-state index is -0.557. The zero-order chi connectivity index (χ0) is 15.1. The molecule has 2 N–H and O–H groups in total. The number of aromatic nitrogens is 1. The van der Waals surface area contributed by atoms with Crippen molar-refractivity contribution in [2.45, 2.75) is 19.6 Å². The fourth-order valence-corrected chi connectivity index (χ4v) is 2.11. The number of hydrogen-bond acceptors (Lipinski definition) is 4. The summed E-state index contributed by atoms with van der Waals surface area (Å²) in [7, 11) is 0. The molecular formula is C16H19BrN2O2. The van der Waals surface area contributed by atoms with Gasteiger partial charge in [-0.2, -0.15) is 0 Å². The summed E-state index contributed by atoms with van der Waals surface area (Å²) in [4.78, 5) is 4.39. The van der Waals surface area contributed by atoms with Gasteiger partial charge in [-0.15, -0.1) is 0 Å². The molecule has 4 nitrogen and oxygen atoms in total. The van der Waals surface area contributed by atoms with E-state index in [2.05, 4.69) is 26.2 Å². The molecule has 2 rings (SSSR count). The standard InChI is InChI=1S/C16H19BrN2O2/c1-12-3-2-4-14(19-12)9-18-10-15(20)11-21-16-7-5-13(17)6-8-16/h2-8,15,18,20H,9-11H2,1H3. The second-order valence-corrected chi connectivity index (χ2v) is 5.74. The molecular weight excluding hydrogens is 332 g/mol. The molecule has 2 aromatic rings. The van der Waals surface area contributed by atoms with Crippen molar-refractivity contribution in [3.63, 3.8) is 0 Å². The maximum atomic E-state index is 9.88. The Hall–Kier alpha value is -1.43. The van der Waals surface area contributed by atoms with Crippen LogP contribution in [0.1, 0.15) is 11.4 Å². The smallest absolute Gasteiger partial charge is 0.119 e. The molecule has 0 radical (unpaired) electrons. The van der Waals surface area contributed by atoms with Crippen LogP contribution in [0.2, 0.25) is 0 Å². The first-order valence-corrected chi connectivity index (χ1v) is 7.62. The number of ether oxygens (including phenoxy) is 1. The molecule has 1 aromatic carbocycles. The van der Waals surface area contributed by atoms with E-state index in [-0.39, 0.29) is 6.61 Å². The lowest BCUT2D eigenvalue weighted by Crippen LogP contribution is -2.31. The first-order valence-electron chi connectivity index (χ1n) is 6.83. The van der Waals surface area contributed by atoms with Crippen LogP contribution in [0, 0.1) is 6.92 Å². The van der Waals surface area contributed by atoms with Crippen molar-refractivity contribution in [1.82, 2.24) is 10.3 Å². The van der Waals surface area contributed by atoms with E-state index < -0.39 is 6.10 Å². The first kappa shape index (κ1) is 15.9. The maximum absolute atomic E-state index is 9.88. The van der Waals surface area contributed by atoms with Crippen molar-refractivity contribution >= 4 is 15.9 Å². The van der Waals surface area contributed by atoms with Crippen LogP contribution in [-0.2, 0) is 6.54 Å². The lowest BCUT2D eigenvalue weighted by atomic mass is 10.3. The van der Waals surface area contributed by atoms with E-state index >= 15 is 0 Å². The summed E-state index contributed by atoms with van der Waals surface area (Å²) in [5, 5.41) is 13.1. The Morgan fingerprint density at radius 3 is 2.71 bits per heavy atom. The van der Waals surface area contributed by atoms with Crippen LogP contribution in [0.15, 0.2) is 46.9 Å². The molecule has 0 bridgehead atoms. The number of halogens is 1. The maximum Gasteiger partial charge on any atom is 0.119 e. The van der Waals surface area contributed by atoms with E-state index in [1.165, 1.54) is 0 Å². The minimum absolute atomic E-state index is 0.260. The molecule has 0 aliphatic carbocycles.